The lowest BCUT2D eigenvalue weighted by atomic mass is 10.2. The lowest BCUT2D eigenvalue weighted by Crippen LogP contribution is -1.99. The number of pyridine rings is 1. The SMILES string of the molecule is COc1cccc(COc2cccc(C#CCO)c2)n1. The van der Waals surface area contributed by atoms with Crippen molar-refractivity contribution in [1.82, 2.24) is 4.98 Å². The highest BCUT2D eigenvalue weighted by atomic mass is 16.5. The Morgan fingerprint density at radius 3 is 2.85 bits per heavy atom. The molecule has 0 aliphatic rings. The number of aliphatic hydroxyl groups excluding tert-OH is 1. The number of aliphatic hydroxyl groups is 1. The first-order chi connectivity index (χ1) is 9.81. The van der Waals surface area contributed by atoms with E-state index in [0.717, 1.165) is 11.3 Å². The first-order valence-electron chi connectivity index (χ1n) is 6.14. The minimum absolute atomic E-state index is 0.154. The van der Waals surface area contributed by atoms with Crippen molar-refractivity contribution in [2.45, 2.75) is 6.61 Å². The van der Waals surface area contributed by atoms with Gasteiger partial charge in [0.05, 0.1) is 12.8 Å². The Kier molecular flexibility index (Phi) is 4.99. The number of rotatable bonds is 4. The second-order valence-corrected chi connectivity index (χ2v) is 3.95. The molecule has 1 aromatic heterocycles. The maximum Gasteiger partial charge on any atom is 0.213 e. The summed E-state index contributed by atoms with van der Waals surface area (Å²) in [5, 5.41) is 8.67. The molecule has 0 aliphatic carbocycles. The summed E-state index contributed by atoms with van der Waals surface area (Å²) in [6, 6.07) is 12.9. The number of hydrogen-bond donors (Lipinski definition) is 1. The Bertz CT molecular complexity index is 629. The van der Waals surface area contributed by atoms with Crippen molar-refractivity contribution in [3.05, 3.63) is 53.7 Å². The van der Waals surface area contributed by atoms with Crippen LogP contribution in [0.4, 0.5) is 0 Å². The van der Waals surface area contributed by atoms with E-state index in [2.05, 4.69) is 16.8 Å². The summed E-state index contributed by atoms with van der Waals surface area (Å²) >= 11 is 0. The van der Waals surface area contributed by atoms with E-state index in [1.54, 1.807) is 13.2 Å². The van der Waals surface area contributed by atoms with E-state index >= 15 is 0 Å². The van der Waals surface area contributed by atoms with Gasteiger partial charge < -0.3 is 14.6 Å². The van der Waals surface area contributed by atoms with Gasteiger partial charge in [0.2, 0.25) is 5.88 Å². The van der Waals surface area contributed by atoms with E-state index in [-0.39, 0.29) is 6.61 Å². The highest BCUT2D eigenvalue weighted by molar-refractivity contribution is 5.39. The predicted molar refractivity (Wildman–Crippen MR) is 75.5 cm³/mol. The highest BCUT2D eigenvalue weighted by Crippen LogP contribution is 2.15. The summed E-state index contributed by atoms with van der Waals surface area (Å²) in [6.07, 6.45) is 0. The number of methoxy groups -OCH3 is 1. The van der Waals surface area contributed by atoms with Crippen LogP contribution in [0.15, 0.2) is 42.5 Å². The number of benzene rings is 1. The molecule has 4 nitrogen and oxygen atoms in total. The summed E-state index contributed by atoms with van der Waals surface area (Å²) in [5.74, 6) is 6.71. The van der Waals surface area contributed by atoms with Crippen LogP contribution in [0.5, 0.6) is 11.6 Å². The Morgan fingerprint density at radius 2 is 2.05 bits per heavy atom. The van der Waals surface area contributed by atoms with Crippen molar-refractivity contribution >= 4 is 0 Å². The van der Waals surface area contributed by atoms with Gasteiger partial charge in [0.15, 0.2) is 0 Å². The molecule has 0 saturated carbocycles. The van der Waals surface area contributed by atoms with Gasteiger partial charge in [0, 0.05) is 11.6 Å². The van der Waals surface area contributed by atoms with Crippen molar-refractivity contribution < 1.29 is 14.6 Å². The molecule has 1 heterocycles. The lowest BCUT2D eigenvalue weighted by molar-refractivity contribution is 0.298. The van der Waals surface area contributed by atoms with Gasteiger partial charge in [0.25, 0.3) is 0 Å². The zero-order chi connectivity index (χ0) is 14.2. The van der Waals surface area contributed by atoms with E-state index in [0.29, 0.717) is 18.2 Å². The molecular weight excluding hydrogens is 254 g/mol. The first-order valence-corrected chi connectivity index (χ1v) is 6.14. The molecule has 2 aromatic rings. The van der Waals surface area contributed by atoms with Gasteiger partial charge in [-0.3, -0.25) is 0 Å². The van der Waals surface area contributed by atoms with Gasteiger partial charge in [-0.1, -0.05) is 24.0 Å². The summed E-state index contributed by atoms with van der Waals surface area (Å²) in [5.41, 5.74) is 1.59. The summed E-state index contributed by atoms with van der Waals surface area (Å²) < 4.78 is 10.7. The molecule has 0 fully saturated rings. The van der Waals surface area contributed by atoms with Crippen LogP contribution in [0.2, 0.25) is 0 Å². The monoisotopic (exact) mass is 269 g/mol. The Hall–Kier alpha value is -2.51. The fourth-order valence-electron chi connectivity index (χ4n) is 1.61. The highest BCUT2D eigenvalue weighted by Gasteiger charge is 2.00. The average Bonchev–Trinajstić information content (AvgIpc) is 2.51. The molecule has 0 saturated heterocycles. The molecule has 0 atom stereocenters. The third-order valence-corrected chi connectivity index (χ3v) is 2.52. The van der Waals surface area contributed by atoms with Gasteiger partial charge >= 0.3 is 0 Å². The zero-order valence-electron chi connectivity index (χ0n) is 11.2. The van der Waals surface area contributed by atoms with Crippen LogP contribution >= 0.6 is 0 Å². The van der Waals surface area contributed by atoms with Crippen LogP contribution in [0, 0.1) is 11.8 Å². The molecule has 2 rings (SSSR count). The normalized spacial score (nSPS) is 9.50. The molecule has 0 radical (unpaired) electrons. The minimum atomic E-state index is -0.154. The maximum atomic E-state index is 8.67. The molecule has 4 heteroatoms. The topological polar surface area (TPSA) is 51.6 Å². The Labute approximate surface area is 118 Å². The molecule has 0 bridgehead atoms. The number of hydrogen-bond acceptors (Lipinski definition) is 4. The molecule has 1 N–H and O–H groups in total. The summed E-state index contributed by atoms with van der Waals surface area (Å²) in [7, 11) is 1.58. The third kappa shape index (κ3) is 4.01. The van der Waals surface area contributed by atoms with E-state index in [4.69, 9.17) is 14.6 Å². The van der Waals surface area contributed by atoms with E-state index in [9.17, 15) is 0 Å². The second-order valence-electron chi connectivity index (χ2n) is 3.95. The van der Waals surface area contributed by atoms with Crippen LogP contribution < -0.4 is 9.47 Å². The predicted octanol–water partition coefficient (Wildman–Crippen LogP) is 2.01. The summed E-state index contributed by atoms with van der Waals surface area (Å²) in [6.45, 7) is 0.201. The fraction of sp³-hybridized carbons (Fsp3) is 0.188. The lowest BCUT2D eigenvalue weighted by Gasteiger charge is -2.07. The molecule has 0 amide bonds. The van der Waals surface area contributed by atoms with E-state index in [1.165, 1.54) is 0 Å². The molecule has 0 spiro atoms. The molecular formula is C16H15NO3. The number of aromatic nitrogens is 1. The van der Waals surface area contributed by atoms with Crippen LogP contribution in [-0.4, -0.2) is 23.8 Å². The van der Waals surface area contributed by atoms with E-state index in [1.807, 2.05) is 36.4 Å². The summed E-state index contributed by atoms with van der Waals surface area (Å²) in [4.78, 5) is 4.27. The molecule has 1 aromatic carbocycles. The van der Waals surface area contributed by atoms with Crippen molar-refractivity contribution in [2.75, 3.05) is 13.7 Å². The van der Waals surface area contributed by atoms with Crippen LogP contribution in [-0.2, 0) is 6.61 Å². The first kappa shape index (κ1) is 13.9. The van der Waals surface area contributed by atoms with Gasteiger partial charge in [-0.2, -0.15) is 0 Å². The van der Waals surface area contributed by atoms with Crippen molar-refractivity contribution in [2.24, 2.45) is 0 Å². The minimum Gasteiger partial charge on any atom is -0.487 e. The Morgan fingerprint density at radius 1 is 1.20 bits per heavy atom. The molecule has 0 aliphatic heterocycles. The van der Waals surface area contributed by atoms with Crippen LogP contribution in [0.3, 0.4) is 0 Å². The molecule has 102 valence electrons. The van der Waals surface area contributed by atoms with Crippen LogP contribution in [0.25, 0.3) is 0 Å². The number of nitrogens with zero attached hydrogens (tertiary/aromatic N) is 1. The standard InChI is InChI=1S/C16H15NO3/c1-19-16-9-3-7-14(17-16)12-20-15-8-2-5-13(11-15)6-4-10-18/h2-3,5,7-9,11,18H,10,12H2,1H3. The second kappa shape index (κ2) is 7.17. The van der Waals surface area contributed by atoms with Gasteiger partial charge in [-0.25, -0.2) is 4.98 Å². The maximum absolute atomic E-state index is 8.67. The quantitative estimate of drug-likeness (QED) is 0.863. The average molecular weight is 269 g/mol. The van der Waals surface area contributed by atoms with Crippen molar-refractivity contribution in [3.63, 3.8) is 0 Å². The number of ether oxygens (including phenoxy) is 2. The zero-order valence-corrected chi connectivity index (χ0v) is 11.2. The molecule has 20 heavy (non-hydrogen) atoms. The fourth-order valence-corrected chi connectivity index (χ4v) is 1.61. The van der Waals surface area contributed by atoms with Crippen molar-refractivity contribution in [3.8, 4) is 23.5 Å². The van der Waals surface area contributed by atoms with Gasteiger partial charge in [0.1, 0.15) is 19.0 Å². The van der Waals surface area contributed by atoms with Gasteiger partial charge in [-0.15, -0.1) is 0 Å². The van der Waals surface area contributed by atoms with Crippen molar-refractivity contribution in [1.29, 1.82) is 0 Å². The smallest absolute Gasteiger partial charge is 0.213 e. The Balaban J connectivity index is 2.03. The third-order valence-electron chi connectivity index (χ3n) is 2.52. The van der Waals surface area contributed by atoms with Gasteiger partial charge in [-0.05, 0) is 24.3 Å². The molecule has 0 unspecified atom stereocenters. The largest absolute Gasteiger partial charge is 0.487 e. The van der Waals surface area contributed by atoms with Crippen LogP contribution in [0.1, 0.15) is 11.3 Å². The van der Waals surface area contributed by atoms with E-state index < -0.39 is 0 Å².